The molecule has 2 heterocycles. The maximum Gasteiger partial charge on any atom is 0.194 e. The summed E-state index contributed by atoms with van der Waals surface area (Å²) in [5, 5.41) is 3.40. The van der Waals surface area contributed by atoms with E-state index >= 15 is 0 Å². The Kier molecular flexibility index (Phi) is 6.71. The molecule has 27 heavy (non-hydrogen) atoms. The van der Waals surface area contributed by atoms with Crippen LogP contribution < -0.4 is 5.32 Å². The lowest BCUT2D eigenvalue weighted by Crippen LogP contribution is -2.53. The number of guanidine groups is 1. The van der Waals surface area contributed by atoms with Gasteiger partial charge in [-0.2, -0.15) is 0 Å². The third-order valence-corrected chi connectivity index (χ3v) is 5.34. The Labute approximate surface area is 161 Å². The van der Waals surface area contributed by atoms with Gasteiger partial charge in [0, 0.05) is 31.7 Å². The Morgan fingerprint density at radius 3 is 2.81 bits per heavy atom. The van der Waals surface area contributed by atoms with Crippen molar-refractivity contribution in [1.29, 1.82) is 0 Å². The molecule has 6 heteroatoms. The average molecular weight is 378 g/mol. The van der Waals surface area contributed by atoms with Crippen LogP contribution in [0.3, 0.4) is 0 Å². The summed E-state index contributed by atoms with van der Waals surface area (Å²) in [5.74, 6) is 0.692. The predicted octanol–water partition coefficient (Wildman–Crippen LogP) is 2.95. The van der Waals surface area contributed by atoms with E-state index < -0.39 is 0 Å². The molecule has 2 aliphatic rings. The van der Waals surface area contributed by atoms with Gasteiger partial charge in [-0.1, -0.05) is 26.0 Å². The molecule has 0 spiro atoms. The van der Waals surface area contributed by atoms with Gasteiger partial charge in [0.1, 0.15) is 11.9 Å². The predicted molar refractivity (Wildman–Crippen MR) is 106 cm³/mol. The Morgan fingerprint density at radius 1 is 1.30 bits per heavy atom. The van der Waals surface area contributed by atoms with E-state index in [2.05, 4.69) is 31.0 Å². The first-order valence-corrected chi connectivity index (χ1v) is 10.0. The summed E-state index contributed by atoms with van der Waals surface area (Å²) in [4.78, 5) is 7.15. The van der Waals surface area contributed by atoms with Gasteiger partial charge in [0.15, 0.2) is 5.96 Å². The van der Waals surface area contributed by atoms with Crippen molar-refractivity contribution in [2.75, 3.05) is 39.4 Å². The van der Waals surface area contributed by atoms with Crippen molar-refractivity contribution in [2.24, 2.45) is 4.99 Å². The summed E-state index contributed by atoms with van der Waals surface area (Å²) in [5.41, 5.74) is 0.713. The number of aliphatic imine (C=N–C) groups is 1. The number of hydrogen-bond donors (Lipinski definition) is 1. The van der Waals surface area contributed by atoms with Crippen LogP contribution in [0.1, 0.15) is 39.2 Å². The summed E-state index contributed by atoms with van der Waals surface area (Å²) in [6.07, 6.45) is 2.47. The molecule has 0 amide bonds. The fraction of sp³-hybridized carbons (Fsp3) is 0.667. The molecule has 3 rings (SSSR count). The van der Waals surface area contributed by atoms with E-state index in [1.807, 2.05) is 6.07 Å². The number of morpholine rings is 1. The van der Waals surface area contributed by atoms with Gasteiger partial charge in [-0.05, 0) is 37.5 Å². The van der Waals surface area contributed by atoms with E-state index in [9.17, 15) is 4.39 Å². The molecule has 0 bridgehead atoms. The molecule has 2 saturated heterocycles. The van der Waals surface area contributed by atoms with E-state index in [4.69, 9.17) is 14.5 Å². The lowest BCUT2D eigenvalue weighted by Gasteiger charge is -2.37. The van der Waals surface area contributed by atoms with Gasteiger partial charge >= 0.3 is 0 Å². The monoisotopic (exact) mass is 377 g/mol. The SMILES string of the molecule is CCNC(=NCC(C)(C)c1cccc(F)c1)N1CCOC(C2CCCO2)C1. The van der Waals surface area contributed by atoms with E-state index in [1.165, 1.54) is 6.07 Å². The minimum absolute atomic E-state index is 0.0985. The zero-order chi connectivity index (χ0) is 19.3. The summed E-state index contributed by atoms with van der Waals surface area (Å²) in [6, 6.07) is 6.81. The highest BCUT2D eigenvalue weighted by Gasteiger charge is 2.32. The lowest BCUT2D eigenvalue weighted by molar-refractivity contribution is -0.0817. The zero-order valence-electron chi connectivity index (χ0n) is 16.7. The van der Waals surface area contributed by atoms with Crippen LogP contribution in [0, 0.1) is 5.82 Å². The molecule has 0 aromatic heterocycles. The molecule has 2 atom stereocenters. The van der Waals surface area contributed by atoms with Gasteiger partial charge in [0.05, 0.1) is 19.3 Å². The maximum absolute atomic E-state index is 13.6. The van der Waals surface area contributed by atoms with Crippen molar-refractivity contribution in [3.8, 4) is 0 Å². The van der Waals surface area contributed by atoms with E-state index in [0.29, 0.717) is 13.2 Å². The fourth-order valence-corrected chi connectivity index (χ4v) is 3.69. The van der Waals surface area contributed by atoms with Crippen LogP contribution >= 0.6 is 0 Å². The smallest absolute Gasteiger partial charge is 0.194 e. The molecule has 0 radical (unpaired) electrons. The Bertz CT molecular complexity index is 644. The van der Waals surface area contributed by atoms with Gasteiger partial charge in [-0.3, -0.25) is 4.99 Å². The van der Waals surface area contributed by atoms with Crippen LogP contribution in [0.25, 0.3) is 0 Å². The Balaban J connectivity index is 1.70. The van der Waals surface area contributed by atoms with Crippen LogP contribution in [-0.4, -0.2) is 62.5 Å². The number of ether oxygens (including phenoxy) is 2. The molecule has 2 aliphatic heterocycles. The van der Waals surface area contributed by atoms with Crippen LogP contribution in [0.2, 0.25) is 0 Å². The molecule has 1 aromatic carbocycles. The molecule has 1 aromatic rings. The van der Waals surface area contributed by atoms with Gasteiger partial charge in [-0.25, -0.2) is 4.39 Å². The molecule has 0 saturated carbocycles. The summed E-state index contributed by atoms with van der Waals surface area (Å²) < 4.78 is 25.4. The number of nitrogens with one attached hydrogen (secondary N) is 1. The number of nitrogens with zero attached hydrogens (tertiary/aromatic N) is 2. The summed E-state index contributed by atoms with van der Waals surface area (Å²) in [7, 11) is 0. The van der Waals surface area contributed by atoms with Gasteiger partial charge in [0.2, 0.25) is 0 Å². The second-order valence-electron chi connectivity index (χ2n) is 7.97. The largest absolute Gasteiger partial charge is 0.375 e. The van der Waals surface area contributed by atoms with Gasteiger partial charge in [-0.15, -0.1) is 0 Å². The standard InChI is InChI=1S/C21H32FN3O2/c1-4-23-20(24-15-21(2,3)16-7-5-8-17(22)13-16)25-10-12-27-19(14-25)18-9-6-11-26-18/h5,7-8,13,18-19H,4,6,9-12,14-15H2,1-3H3,(H,23,24). The van der Waals surface area contributed by atoms with Crippen molar-refractivity contribution in [2.45, 2.75) is 51.2 Å². The second kappa shape index (κ2) is 9.02. The molecular formula is C21H32FN3O2. The van der Waals surface area contributed by atoms with Gasteiger partial charge in [0.25, 0.3) is 0 Å². The third-order valence-electron chi connectivity index (χ3n) is 5.34. The fourth-order valence-electron chi connectivity index (χ4n) is 3.69. The molecule has 1 N–H and O–H groups in total. The topological polar surface area (TPSA) is 46.1 Å². The average Bonchev–Trinajstić information content (AvgIpc) is 3.20. The third kappa shape index (κ3) is 5.20. The molecule has 2 fully saturated rings. The number of halogens is 1. The minimum Gasteiger partial charge on any atom is -0.375 e. The lowest BCUT2D eigenvalue weighted by atomic mass is 9.85. The highest BCUT2D eigenvalue weighted by Crippen LogP contribution is 2.25. The molecular weight excluding hydrogens is 345 g/mol. The van der Waals surface area contributed by atoms with E-state index in [-0.39, 0.29) is 23.4 Å². The highest BCUT2D eigenvalue weighted by molar-refractivity contribution is 5.80. The van der Waals surface area contributed by atoms with Crippen LogP contribution in [0.5, 0.6) is 0 Å². The first kappa shape index (κ1) is 20.1. The first-order valence-electron chi connectivity index (χ1n) is 10.0. The zero-order valence-corrected chi connectivity index (χ0v) is 16.7. The van der Waals surface area contributed by atoms with Crippen LogP contribution in [0.15, 0.2) is 29.3 Å². The van der Waals surface area contributed by atoms with E-state index in [1.54, 1.807) is 12.1 Å². The first-order chi connectivity index (χ1) is 13.0. The van der Waals surface area contributed by atoms with Gasteiger partial charge < -0.3 is 19.7 Å². The summed E-state index contributed by atoms with van der Waals surface area (Å²) >= 11 is 0. The quantitative estimate of drug-likeness (QED) is 0.633. The van der Waals surface area contributed by atoms with Crippen molar-refractivity contribution < 1.29 is 13.9 Å². The Morgan fingerprint density at radius 2 is 2.11 bits per heavy atom. The van der Waals surface area contributed by atoms with Crippen molar-refractivity contribution in [1.82, 2.24) is 10.2 Å². The minimum atomic E-state index is -0.247. The second-order valence-corrected chi connectivity index (χ2v) is 7.97. The van der Waals surface area contributed by atoms with Crippen LogP contribution in [-0.2, 0) is 14.9 Å². The molecule has 5 nitrogen and oxygen atoms in total. The summed E-state index contributed by atoms with van der Waals surface area (Å²) in [6.45, 7) is 10.8. The van der Waals surface area contributed by atoms with Crippen LogP contribution in [0.4, 0.5) is 4.39 Å². The Hall–Kier alpha value is -1.66. The van der Waals surface area contributed by atoms with Crippen molar-refractivity contribution in [3.63, 3.8) is 0 Å². The normalized spacial score (nSPS) is 24.3. The van der Waals surface area contributed by atoms with Crippen molar-refractivity contribution in [3.05, 3.63) is 35.6 Å². The highest BCUT2D eigenvalue weighted by atomic mass is 19.1. The number of rotatable bonds is 5. The number of benzene rings is 1. The number of hydrogen-bond acceptors (Lipinski definition) is 3. The molecule has 150 valence electrons. The molecule has 0 aliphatic carbocycles. The maximum atomic E-state index is 13.6. The molecule has 2 unspecified atom stereocenters. The van der Waals surface area contributed by atoms with Crippen molar-refractivity contribution >= 4 is 5.96 Å². The van der Waals surface area contributed by atoms with E-state index in [0.717, 1.165) is 50.6 Å².